The smallest absolute Gasteiger partial charge is 0.298 e. The van der Waals surface area contributed by atoms with Gasteiger partial charge in [-0.2, -0.15) is 16.8 Å². The third kappa shape index (κ3) is 2.93. The van der Waals surface area contributed by atoms with Gasteiger partial charge in [0.1, 0.15) is 21.3 Å². The Bertz CT molecular complexity index is 986. The van der Waals surface area contributed by atoms with Gasteiger partial charge >= 0.3 is 0 Å². The lowest BCUT2D eigenvalue weighted by Crippen LogP contribution is -2.27. The average Bonchev–Trinajstić information content (AvgIpc) is 2.41. The molecule has 2 aliphatic rings. The summed E-state index contributed by atoms with van der Waals surface area (Å²) in [6.07, 6.45) is 3.12. The molecular weight excluding hydrogens is 360 g/mol. The van der Waals surface area contributed by atoms with Crippen molar-refractivity contribution in [2.45, 2.75) is 17.7 Å². The molecule has 24 heavy (non-hydrogen) atoms. The van der Waals surface area contributed by atoms with Crippen LogP contribution in [0, 0.1) is 11.8 Å². The van der Waals surface area contributed by atoms with Crippen LogP contribution in [-0.4, -0.2) is 36.2 Å². The molecule has 0 spiro atoms. The van der Waals surface area contributed by atoms with Crippen LogP contribution in [0.1, 0.15) is 11.1 Å². The number of rotatable bonds is 2. The zero-order valence-corrected chi connectivity index (χ0v) is 13.7. The van der Waals surface area contributed by atoms with Gasteiger partial charge in [-0.15, -0.1) is 0 Å². The summed E-state index contributed by atoms with van der Waals surface area (Å²) in [5.41, 5.74) is 1.16. The fraction of sp³-hybridized carbons (Fsp3) is 0.286. The lowest BCUT2D eigenvalue weighted by molar-refractivity contribution is 0.369. The van der Waals surface area contributed by atoms with E-state index < -0.39 is 41.5 Å². The van der Waals surface area contributed by atoms with Crippen LogP contribution >= 0.6 is 0 Å². The van der Waals surface area contributed by atoms with Gasteiger partial charge in [-0.25, -0.2) is 0 Å². The van der Waals surface area contributed by atoms with E-state index in [-0.39, 0.29) is 18.3 Å². The largest absolute Gasteiger partial charge is 0.507 e. The van der Waals surface area contributed by atoms with Crippen molar-refractivity contribution in [2.24, 2.45) is 11.8 Å². The van der Waals surface area contributed by atoms with Gasteiger partial charge in [0.25, 0.3) is 20.2 Å². The first-order chi connectivity index (χ1) is 11.0. The summed E-state index contributed by atoms with van der Waals surface area (Å²) in [6.45, 7) is 0. The fourth-order valence-electron chi connectivity index (χ4n) is 3.20. The van der Waals surface area contributed by atoms with Crippen molar-refractivity contribution in [3.63, 3.8) is 0 Å². The van der Waals surface area contributed by atoms with E-state index in [1.165, 1.54) is 18.2 Å². The monoisotopic (exact) mass is 374 g/mol. The van der Waals surface area contributed by atoms with E-state index in [0.717, 1.165) is 6.07 Å². The highest BCUT2D eigenvalue weighted by molar-refractivity contribution is 7.90. The topological polar surface area (TPSA) is 149 Å². The first kappa shape index (κ1) is 17.0. The second-order valence-electron chi connectivity index (χ2n) is 5.86. The molecule has 3 rings (SSSR count). The van der Waals surface area contributed by atoms with Crippen molar-refractivity contribution in [2.75, 3.05) is 0 Å². The SMILES string of the molecule is O=S(=O)(O)C1=C[C@@H]2Cc3cc(S(=O)(=O)O)c(O)cc3C[C@H]2C=C1O. The lowest BCUT2D eigenvalue weighted by atomic mass is 9.74. The van der Waals surface area contributed by atoms with Crippen LogP contribution < -0.4 is 0 Å². The van der Waals surface area contributed by atoms with E-state index in [1.807, 2.05) is 0 Å². The van der Waals surface area contributed by atoms with E-state index in [1.54, 1.807) is 0 Å². The minimum absolute atomic E-state index is 0.228. The summed E-state index contributed by atoms with van der Waals surface area (Å²) in [7, 11) is -9.17. The second-order valence-corrected chi connectivity index (χ2v) is 8.64. The molecule has 2 atom stereocenters. The standard InChI is InChI=1S/C14H14O8S2/c15-11-3-7-1-8-4-12(16)14(24(20,21)22)6-10(8)2-9(7)5-13(11)23(17,18)19/h3-7,9,15-16H,1-2H2,(H,17,18,19)(H,20,21,22)/t7-,9-/m0/s1. The molecule has 0 aromatic heterocycles. The number of allylic oxidation sites excluding steroid dienone is 2. The minimum atomic E-state index is -4.59. The first-order valence-corrected chi connectivity index (χ1v) is 9.77. The van der Waals surface area contributed by atoms with Crippen molar-refractivity contribution in [3.8, 4) is 5.75 Å². The van der Waals surface area contributed by atoms with E-state index in [4.69, 9.17) is 9.11 Å². The molecule has 10 heteroatoms. The minimum Gasteiger partial charge on any atom is -0.507 e. The van der Waals surface area contributed by atoms with Crippen molar-refractivity contribution in [3.05, 3.63) is 46.1 Å². The van der Waals surface area contributed by atoms with Crippen LogP contribution in [0.3, 0.4) is 0 Å². The normalized spacial score (nSPS) is 23.8. The Hall–Kier alpha value is -1.88. The van der Waals surface area contributed by atoms with Crippen LogP contribution in [0.15, 0.2) is 39.8 Å². The number of benzene rings is 1. The number of aliphatic hydroxyl groups excluding tert-OH is 1. The van der Waals surface area contributed by atoms with Gasteiger partial charge in [-0.3, -0.25) is 9.11 Å². The van der Waals surface area contributed by atoms with Crippen LogP contribution in [0.25, 0.3) is 0 Å². The quantitative estimate of drug-likeness (QED) is 0.564. The molecular formula is C14H14O8S2. The molecule has 0 radical (unpaired) electrons. The van der Waals surface area contributed by atoms with E-state index in [2.05, 4.69) is 0 Å². The molecule has 0 fully saturated rings. The van der Waals surface area contributed by atoms with Gasteiger partial charge in [-0.05, 0) is 54.0 Å². The summed E-state index contributed by atoms with van der Waals surface area (Å²) in [6, 6.07) is 2.39. The van der Waals surface area contributed by atoms with Crippen molar-refractivity contribution < 1.29 is 36.2 Å². The van der Waals surface area contributed by atoms with Crippen molar-refractivity contribution in [1.29, 1.82) is 0 Å². The van der Waals surface area contributed by atoms with Gasteiger partial charge in [0, 0.05) is 0 Å². The summed E-state index contributed by atoms with van der Waals surface area (Å²) >= 11 is 0. The summed E-state index contributed by atoms with van der Waals surface area (Å²) in [4.78, 5) is -1.20. The van der Waals surface area contributed by atoms with Crippen molar-refractivity contribution >= 4 is 20.2 Å². The predicted octanol–water partition coefficient (Wildman–Crippen LogP) is 1.20. The molecule has 0 aliphatic heterocycles. The second kappa shape index (κ2) is 5.31. The molecule has 8 nitrogen and oxygen atoms in total. The number of hydrogen-bond donors (Lipinski definition) is 4. The highest BCUT2D eigenvalue weighted by Gasteiger charge is 2.34. The molecule has 0 heterocycles. The fourth-order valence-corrected chi connectivity index (χ4v) is 4.49. The van der Waals surface area contributed by atoms with Gasteiger partial charge in [0.15, 0.2) is 0 Å². The Morgan fingerprint density at radius 2 is 1.38 bits per heavy atom. The number of aliphatic hydroxyl groups is 1. The van der Waals surface area contributed by atoms with Gasteiger partial charge in [0.2, 0.25) is 0 Å². The van der Waals surface area contributed by atoms with E-state index in [9.17, 15) is 27.0 Å². The molecule has 130 valence electrons. The molecule has 2 aliphatic carbocycles. The summed E-state index contributed by atoms with van der Waals surface area (Å²) in [5, 5.41) is 19.6. The van der Waals surface area contributed by atoms with Crippen LogP contribution in [0.5, 0.6) is 5.75 Å². The first-order valence-electron chi connectivity index (χ1n) is 6.89. The van der Waals surface area contributed by atoms with E-state index >= 15 is 0 Å². The third-order valence-corrected chi connectivity index (χ3v) is 6.07. The Kier molecular flexibility index (Phi) is 3.75. The Morgan fingerprint density at radius 1 is 0.833 bits per heavy atom. The molecule has 0 amide bonds. The zero-order valence-electron chi connectivity index (χ0n) is 12.1. The Balaban J connectivity index is 2.07. The lowest BCUT2D eigenvalue weighted by Gasteiger charge is -2.32. The molecule has 1 aromatic carbocycles. The van der Waals surface area contributed by atoms with Gasteiger partial charge < -0.3 is 10.2 Å². The third-order valence-electron chi connectivity index (χ3n) is 4.29. The number of fused-ring (bicyclic) bond motifs is 2. The average molecular weight is 374 g/mol. The molecule has 0 bridgehead atoms. The van der Waals surface area contributed by atoms with Crippen LogP contribution in [-0.2, 0) is 33.1 Å². The van der Waals surface area contributed by atoms with E-state index in [0.29, 0.717) is 17.5 Å². The predicted molar refractivity (Wildman–Crippen MR) is 82.7 cm³/mol. The maximum atomic E-state index is 11.3. The highest BCUT2D eigenvalue weighted by Crippen LogP contribution is 2.40. The molecule has 1 aromatic rings. The molecule has 4 N–H and O–H groups in total. The zero-order chi connectivity index (χ0) is 17.9. The summed E-state index contributed by atoms with van der Waals surface area (Å²) < 4.78 is 63.4. The number of phenols is 1. The maximum Gasteiger partial charge on any atom is 0.298 e. The Labute approximate surface area is 138 Å². The number of phenolic OH excluding ortho intramolecular Hbond substituents is 1. The number of hydrogen-bond acceptors (Lipinski definition) is 6. The van der Waals surface area contributed by atoms with Gasteiger partial charge in [-0.1, -0.05) is 6.08 Å². The highest BCUT2D eigenvalue weighted by atomic mass is 32.2. The number of aromatic hydroxyl groups is 1. The van der Waals surface area contributed by atoms with Crippen molar-refractivity contribution in [1.82, 2.24) is 0 Å². The van der Waals surface area contributed by atoms with Crippen LogP contribution in [0.4, 0.5) is 0 Å². The maximum absolute atomic E-state index is 11.3. The Morgan fingerprint density at radius 3 is 1.92 bits per heavy atom. The van der Waals surface area contributed by atoms with Gasteiger partial charge in [0.05, 0.1) is 0 Å². The molecule has 0 saturated carbocycles. The molecule has 0 saturated heterocycles. The molecule has 0 unspecified atom stereocenters. The van der Waals surface area contributed by atoms with Crippen LogP contribution in [0.2, 0.25) is 0 Å². The summed E-state index contributed by atoms with van der Waals surface area (Å²) in [5.74, 6) is -1.77.